The molecule has 5 heteroatoms. The van der Waals surface area contributed by atoms with E-state index in [0.29, 0.717) is 34.8 Å². The van der Waals surface area contributed by atoms with Crippen LogP contribution < -0.4 is 4.90 Å². The number of anilines is 1. The third-order valence-corrected chi connectivity index (χ3v) is 5.10. The lowest BCUT2D eigenvalue weighted by molar-refractivity contribution is 0.0980. The lowest BCUT2D eigenvalue weighted by Gasteiger charge is -2.29. The van der Waals surface area contributed by atoms with Crippen molar-refractivity contribution in [1.82, 2.24) is 4.98 Å². The largest absolute Gasteiger partial charge is 0.388 e. The van der Waals surface area contributed by atoms with Gasteiger partial charge >= 0.3 is 0 Å². The number of carbonyl (C=O) groups excluding carboxylic acids is 1. The summed E-state index contributed by atoms with van der Waals surface area (Å²) in [5.41, 5.74) is 4.09. The van der Waals surface area contributed by atoms with Gasteiger partial charge in [-0.25, -0.2) is 0 Å². The summed E-state index contributed by atoms with van der Waals surface area (Å²) in [6.45, 7) is 0.562. The van der Waals surface area contributed by atoms with Gasteiger partial charge in [0.1, 0.15) is 0 Å². The molecule has 0 radical (unpaired) electrons. The van der Waals surface area contributed by atoms with Crippen molar-refractivity contribution in [2.75, 3.05) is 11.4 Å². The molecule has 4 rings (SSSR count). The molecule has 1 aliphatic rings. The molecule has 27 heavy (non-hydrogen) atoms. The van der Waals surface area contributed by atoms with Crippen LogP contribution in [-0.2, 0) is 12.8 Å². The average Bonchev–Trinajstić information content (AvgIpc) is 2.69. The molecule has 1 unspecified atom stereocenters. The Labute approximate surface area is 163 Å². The summed E-state index contributed by atoms with van der Waals surface area (Å²) in [5.74, 6) is -0.0654. The Balaban J connectivity index is 1.57. The van der Waals surface area contributed by atoms with E-state index in [1.807, 2.05) is 42.5 Å². The summed E-state index contributed by atoms with van der Waals surface area (Å²) in [5, 5.41) is 11.2. The Morgan fingerprint density at radius 1 is 1.11 bits per heavy atom. The first kappa shape index (κ1) is 17.7. The Morgan fingerprint density at radius 3 is 2.74 bits per heavy atom. The Bertz CT molecular complexity index is 975. The topological polar surface area (TPSA) is 53.4 Å². The molecule has 0 spiro atoms. The van der Waals surface area contributed by atoms with Gasteiger partial charge in [0.25, 0.3) is 5.91 Å². The molecular weight excluding hydrogens is 360 g/mol. The molecule has 0 bridgehead atoms. The highest BCUT2D eigenvalue weighted by Gasteiger charge is 2.26. The number of benzene rings is 2. The molecule has 2 aromatic carbocycles. The highest BCUT2D eigenvalue weighted by Crippen LogP contribution is 2.28. The second-order valence-electron chi connectivity index (χ2n) is 6.69. The number of amides is 1. The number of hydrogen-bond donors (Lipinski definition) is 1. The van der Waals surface area contributed by atoms with E-state index in [-0.39, 0.29) is 5.91 Å². The maximum atomic E-state index is 12.9. The summed E-state index contributed by atoms with van der Waals surface area (Å²) in [6, 6.07) is 17.0. The van der Waals surface area contributed by atoms with Crippen LogP contribution in [0.3, 0.4) is 0 Å². The highest BCUT2D eigenvalue weighted by atomic mass is 35.5. The number of rotatable bonds is 4. The molecule has 1 atom stereocenters. The van der Waals surface area contributed by atoms with Crippen LogP contribution >= 0.6 is 11.6 Å². The van der Waals surface area contributed by atoms with Crippen LogP contribution in [0.25, 0.3) is 0 Å². The van der Waals surface area contributed by atoms with E-state index < -0.39 is 6.10 Å². The predicted octanol–water partition coefficient (Wildman–Crippen LogP) is 4.21. The zero-order chi connectivity index (χ0) is 18.8. The lowest BCUT2D eigenvalue weighted by atomic mass is 9.98. The Hall–Kier alpha value is -2.69. The first-order chi connectivity index (χ1) is 13.1. The van der Waals surface area contributed by atoms with E-state index in [2.05, 4.69) is 4.98 Å². The summed E-state index contributed by atoms with van der Waals surface area (Å²) >= 11 is 6.04. The second kappa shape index (κ2) is 7.51. The molecule has 1 aliphatic heterocycles. The fourth-order valence-electron chi connectivity index (χ4n) is 3.43. The minimum Gasteiger partial charge on any atom is -0.388 e. The van der Waals surface area contributed by atoms with Gasteiger partial charge < -0.3 is 10.0 Å². The summed E-state index contributed by atoms with van der Waals surface area (Å²) in [6.07, 6.45) is 3.88. The van der Waals surface area contributed by atoms with Crippen LogP contribution in [-0.4, -0.2) is 22.5 Å². The van der Waals surface area contributed by atoms with Gasteiger partial charge in [-0.05, 0) is 41.8 Å². The van der Waals surface area contributed by atoms with Crippen LogP contribution in [0.15, 0.2) is 67.0 Å². The van der Waals surface area contributed by atoms with Gasteiger partial charge in [0.05, 0.1) is 18.0 Å². The second-order valence-corrected chi connectivity index (χ2v) is 7.13. The van der Waals surface area contributed by atoms with Gasteiger partial charge in [0.15, 0.2) is 0 Å². The molecule has 4 nitrogen and oxygen atoms in total. The average molecular weight is 379 g/mol. The number of hydrogen-bond acceptors (Lipinski definition) is 3. The van der Waals surface area contributed by atoms with Crippen molar-refractivity contribution in [2.24, 2.45) is 0 Å². The number of aromatic nitrogens is 1. The first-order valence-electron chi connectivity index (χ1n) is 8.89. The molecule has 136 valence electrons. The van der Waals surface area contributed by atoms with E-state index in [4.69, 9.17) is 11.6 Å². The molecule has 0 saturated carbocycles. The van der Waals surface area contributed by atoms with Crippen LogP contribution in [0.5, 0.6) is 0 Å². The number of aliphatic hydroxyl groups is 1. The zero-order valence-corrected chi connectivity index (χ0v) is 15.4. The molecule has 3 aromatic rings. The van der Waals surface area contributed by atoms with E-state index in [9.17, 15) is 9.90 Å². The van der Waals surface area contributed by atoms with Gasteiger partial charge in [-0.15, -0.1) is 0 Å². The summed E-state index contributed by atoms with van der Waals surface area (Å²) < 4.78 is 0. The molecule has 1 aromatic heterocycles. The first-order valence-corrected chi connectivity index (χ1v) is 9.27. The van der Waals surface area contributed by atoms with Crippen LogP contribution in [0.1, 0.15) is 33.2 Å². The fourth-order valence-corrected chi connectivity index (χ4v) is 3.63. The minimum atomic E-state index is -0.675. The van der Waals surface area contributed by atoms with Gasteiger partial charge in [-0.2, -0.15) is 0 Å². The third-order valence-electron chi connectivity index (χ3n) is 4.86. The number of carbonyl (C=O) groups is 1. The van der Waals surface area contributed by atoms with E-state index in [1.54, 1.807) is 29.4 Å². The van der Waals surface area contributed by atoms with Crippen molar-refractivity contribution >= 4 is 23.2 Å². The predicted molar refractivity (Wildman–Crippen MR) is 106 cm³/mol. The fraction of sp³-hybridized carbons (Fsp3) is 0.182. The van der Waals surface area contributed by atoms with Crippen LogP contribution in [0.2, 0.25) is 5.02 Å². The quantitative estimate of drug-likeness (QED) is 0.739. The van der Waals surface area contributed by atoms with Crippen molar-refractivity contribution in [3.8, 4) is 0 Å². The Morgan fingerprint density at radius 2 is 1.93 bits per heavy atom. The molecule has 1 N–H and O–H groups in total. The molecule has 0 fully saturated rings. The third kappa shape index (κ3) is 3.72. The van der Waals surface area contributed by atoms with E-state index >= 15 is 0 Å². The number of fused-ring (bicyclic) bond motifs is 1. The standard InChI is InChI=1S/C22H19ClN2O2/c23-18-6-7-20-16(11-18)8-9-25(22(20)27)19-12-17(13-24-14-19)21(26)10-15-4-2-1-3-5-15/h1-7,11-14,21,26H,8-10H2. The van der Waals surface area contributed by atoms with Crippen LogP contribution in [0, 0.1) is 0 Å². The highest BCUT2D eigenvalue weighted by molar-refractivity contribution is 6.30. The Kier molecular flexibility index (Phi) is 4.92. The lowest BCUT2D eigenvalue weighted by Crippen LogP contribution is -2.37. The monoisotopic (exact) mass is 378 g/mol. The van der Waals surface area contributed by atoms with Crippen molar-refractivity contribution in [3.63, 3.8) is 0 Å². The van der Waals surface area contributed by atoms with Crippen LogP contribution in [0.4, 0.5) is 5.69 Å². The number of nitrogens with zero attached hydrogens (tertiary/aromatic N) is 2. The van der Waals surface area contributed by atoms with E-state index in [1.165, 1.54) is 0 Å². The molecule has 0 aliphatic carbocycles. The zero-order valence-electron chi connectivity index (χ0n) is 14.7. The molecular formula is C22H19ClN2O2. The van der Waals surface area contributed by atoms with Crippen molar-refractivity contribution < 1.29 is 9.90 Å². The molecule has 2 heterocycles. The molecule has 1 amide bonds. The van der Waals surface area contributed by atoms with Gasteiger partial charge in [-0.1, -0.05) is 41.9 Å². The number of aliphatic hydroxyl groups excluding tert-OH is 1. The summed E-state index contributed by atoms with van der Waals surface area (Å²) in [7, 11) is 0. The van der Waals surface area contributed by atoms with Crippen molar-refractivity contribution in [2.45, 2.75) is 18.9 Å². The SMILES string of the molecule is O=C1c2ccc(Cl)cc2CCN1c1cncc(C(O)Cc2ccccc2)c1. The summed E-state index contributed by atoms with van der Waals surface area (Å²) in [4.78, 5) is 18.9. The van der Waals surface area contributed by atoms with E-state index in [0.717, 1.165) is 17.5 Å². The van der Waals surface area contributed by atoms with Crippen molar-refractivity contribution in [1.29, 1.82) is 0 Å². The normalized spacial score (nSPS) is 14.7. The van der Waals surface area contributed by atoms with Gasteiger partial charge in [0.2, 0.25) is 0 Å². The van der Waals surface area contributed by atoms with Gasteiger partial charge in [0, 0.05) is 35.3 Å². The maximum Gasteiger partial charge on any atom is 0.258 e. The maximum absolute atomic E-state index is 12.9. The van der Waals surface area contributed by atoms with Crippen molar-refractivity contribution in [3.05, 3.63) is 94.3 Å². The van der Waals surface area contributed by atoms with Gasteiger partial charge in [-0.3, -0.25) is 9.78 Å². The molecule has 0 saturated heterocycles. The number of pyridine rings is 1. The minimum absolute atomic E-state index is 0.0654. The smallest absolute Gasteiger partial charge is 0.258 e. The number of halogens is 1.